The van der Waals surface area contributed by atoms with Gasteiger partial charge in [-0.25, -0.2) is 0 Å². The molecule has 0 fully saturated rings. The number of benzene rings is 1. The maximum absolute atomic E-state index is 11.0. The number of aryl methyl sites for hydroxylation is 1. The smallest absolute Gasteiger partial charge is 0.251 e. The standard InChI is InChI=1S/C10H7O2.Y/c1-7-6-8-4-2-3-5-9(8)12-10(7)11;/h2-5H,1H3;/q-1;. The van der Waals surface area contributed by atoms with Crippen molar-refractivity contribution < 1.29 is 37.1 Å². The zero-order valence-corrected chi connectivity index (χ0v) is 10.0. The zero-order chi connectivity index (χ0) is 8.55. The second-order valence-electron chi connectivity index (χ2n) is 2.64. The van der Waals surface area contributed by atoms with Crippen LogP contribution >= 0.6 is 0 Å². The van der Waals surface area contributed by atoms with Crippen molar-refractivity contribution in [2.24, 2.45) is 0 Å². The molecular weight excluding hydrogens is 241 g/mol. The molecule has 0 aliphatic rings. The quantitative estimate of drug-likeness (QED) is 0.526. The summed E-state index contributed by atoms with van der Waals surface area (Å²) in [6.45, 7) is 1.69. The summed E-state index contributed by atoms with van der Waals surface area (Å²) in [5.74, 6) is 0. The monoisotopic (exact) mass is 248 g/mol. The molecule has 63 valence electrons. The first-order chi connectivity index (χ1) is 5.77. The molecule has 0 atom stereocenters. The molecule has 0 aliphatic heterocycles. The van der Waals surface area contributed by atoms with Crippen molar-refractivity contribution in [1.29, 1.82) is 0 Å². The van der Waals surface area contributed by atoms with Gasteiger partial charge in [0.2, 0.25) is 0 Å². The van der Waals surface area contributed by atoms with Crippen molar-refractivity contribution in [2.45, 2.75) is 6.92 Å². The van der Waals surface area contributed by atoms with Crippen LogP contribution in [0.1, 0.15) is 5.56 Å². The fourth-order valence-electron chi connectivity index (χ4n) is 1.09. The minimum Gasteiger partial charge on any atom is -0.515 e. The summed E-state index contributed by atoms with van der Waals surface area (Å²) < 4.78 is 5.01. The maximum atomic E-state index is 11.0. The van der Waals surface area contributed by atoms with Crippen LogP contribution in [-0.2, 0) is 32.7 Å². The number of fused-ring (bicyclic) bond motifs is 1. The van der Waals surface area contributed by atoms with E-state index in [0.717, 1.165) is 5.39 Å². The zero-order valence-electron chi connectivity index (χ0n) is 7.20. The molecule has 0 unspecified atom stereocenters. The fourth-order valence-corrected chi connectivity index (χ4v) is 1.09. The van der Waals surface area contributed by atoms with Crippen LogP contribution in [0.15, 0.2) is 33.5 Å². The van der Waals surface area contributed by atoms with E-state index in [0.29, 0.717) is 11.1 Å². The molecule has 1 heterocycles. The Hall–Kier alpha value is -0.466. The summed E-state index contributed by atoms with van der Waals surface area (Å²) in [5.41, 5.74) is 0.801. The largest absolute Gasteiger partial charge is 0.515 e. The third kappa shape index (κ3) is 2.06. The second kappa shape index (κ2) is 4.16. The molecule has 3 heteroatoms. The third-order valence-corrected chi connectivity index (χ3v) is 1.72. The number of hydrogen-bond donors (Lipinski definition) is 0. The molecule has 0 amide bonds. The molecule has 1 radical (unpaired) electrons. The molecule has 0 spiro atoms. The van der Waals surface area contributed by atoms with Crippen LogP contribution in [-0.4, -0.2) is 0 Å². The molecule has 1 aromatic heterocycles. The Morgan fingerprint density at radius 1 is 1.31 bits per heavy atom. The van der Waals surface area contributed by atoms with Gasteiger partial charge >= 0.3 is 0 Å². The predicted octanol–water partition coefficient (Wildman–Crippen LogP) is 1.90. The molecule has 2 nitrogen and oxygen atoms in total. The van der Waals surface area contributed by atoms with Gasteiger partial charge in [0.15, 0.2) is 0 Å². The minimum atomic E-state index is -0.311. The third-order valence-electron chi connectivity index (χ3n) is 1.72. The van der Waals surface area contributed by atoms with Gasteiger partial charge in [0.25, 0.3) is 5.63 Å². The van der Waals surface area contributed by atoms with E-state index in [1.165, 1.54) is 0 Å². The number of rotatable bonds is 0. The van der Waals surface area contributed by atoms with E-state index in [1.807, 2.05) is 18.2 Å². The molecule has 1 aromatic carbocycles. The Morgan fingerprint density at radius 2 is 2.00 bits per heavy atom. The first-order valence-corrected chi connectivity index (χ1v) is 3.69. The Labute approximate surface area is 101 Å². The molecule has 0 N–H and O–H groups in total. The van der Waals surface area contributed by atoms with Crippen LogP contribution in [0.25, 0.3) is 11.0 Å². The average molecular weight is 248 g/mol. The maximum Gasteiger partial charge on any atom is 0.251 e. The van der Waals surface area contributed by atoms with Gasteiger partial charge < -0.3 is 9.21 Å². The van der Waals surface area contributed by atoms with Crippen LogP contribution in [0.5, 0.6) is 0 Å². The Balaban J connectivity index is 0.000000845. The summed E-state index contributed by atoms with van der Waals surface area (Å²) in [5, 5.41) is 0.842. The van der Waals surface area contributed by atoms with Crippen molar-refractivity contribution in [3.63, 3.8) is 0 Å². The normalized spacial score (nSPS) is 9.62. The first-order valence-electron chi connectivity index (χ1n) is 3.69. The first kappa shape index (κ1) is 10.6. The predicted molar refractivity (Wildman–Crippen MR) is 46.1 cm³/mol. The van der Waals surface area contributed by atoms with Crippen molar-refractivity contribution in [1.82, 2.24) is 0 Å². The summed E-state index contributed by atoms with van der Waals surface area (Å²) in [7, 11) is 0. The topological polar surface area (TPSA) is 30.2 Å². The van der Waals surface area contributed by atoms with Gasteiger partial charge in [-0.3, -0.25) is 0 Å². The molecular formula is C10H7O2Y-. The van der Waals surface area contributed by atoms with Crippen LogP contribution in [0.3, 0.4) is 0 Å². The molecule has 0 saturated carbocycles. The van der Waals surface area contributed by atoms with Gasteiger partial charge in [0.05, 0.1) is 0 Å². The second-order valence-corrected chi connectivity index (χ2v) is 2.64. The fraction of sp³-hybridized carbons (Fsp3) is 0.100. The SMILES string of the molecule is Cc1[c-]c2ccccc2oc1=O.[Y]. The van der Waals surface area contributed by atoms with Gasteiger partial charge in [0, 0.05) is 38.3 Å². The Kier molecular flexibility index (Phi) is 3.40. The molecule has 2 aromatic rings. The van der Waals surface area contributed by atoms with Crippen LogP contribution in [0.2, 0.25) is 0 Å². The summed E-state index contributed by atoms with van der Waals surface area (Å²) in [4.78, 5) is 11.0. The van der Waals surface area contributed by atoms with Crippen LogP contribution in [0.4, 0.5) is 0 Å². The van der Waals surface area contributed by atoms with Crippen molar-refractivity contribution >= 4 is 11.0 Å². The number of hydrogen-bond acceptors (Lipinski definition) is 2. The molecule has 0 saturated heterocycles. The summed E-state index contributed by atoms with van der Waals surface area (Å²) in [6, 6.07) is 10.3. The van der Waals surface area contributed by atoms with Crippen LogP contribution < -0.4 is 5.63 Å². The van der Waals surface area contributed by atoms with E-state index in [2.05, 4.69) is 6.07 Å². The average Bonchev–Trinajstić information content (AvgIpc) is 2.07. The molecule has 0 bridgehead atoms. The summed E-state index contributed by atoms with van der Waals surface area (Å²) >= 11 is 0. The number of para-hydroxylation sites is 1. The van der Waals surface area contributed by atoms with Crippen molar-refractivity contribution in [3.8, 4) is 0 Å². The summed E-state index contributed by atoms with van der Waals surface area (Å²) in [6.07, 6.45) is 0. The van der Waals surface area contributed by atoms with Gasteiger partial charge in [-0.1, -0.05) is 24.6 Å². The van der Waals surface area contributed by atoms with Crippen molar-refractivity contribution in [3.05, 3.63) is 46.3 Å². The van der Waals surface area contributed by atoms with Gasteiger partial charge in [0.1, 0.15) is 0 Å². The van der Waals surface area contributed by atoms with Gasteiger partial charge in [-0.05, 0) is 0 Å². The Morgan fingerprint density at radius 3 is 2.77 bits per heavy atom. The van der Waals surface area contributed by atoms with Gasteiger partial charge in [-0.15, -0.1) is 23.6 Å². The Bertz CT molecular complexity index is 474. The molecule has 13 heavy (non-hydrogen) atoms. The van der Waals surface area contributed by atoms with E-state index in [-0.39, 0.29) is 38.3 Å². The van der Waals surface area contributed by atoms with E-state index in [4.69, 9.17) is 4.42 Å². The van der Waals surface area contributed by atoms with Crippen molar-refractivity contribution in [2.75, 3.05) is 0 Å². The van der Waals surface area contributed by atoms with Crippen LogP contribution in [0, 0.1) is 13.0 Å². The van der Waals surface area contributed by atoms with E-state index >= 15 is 0 Å². The molecule has 0 aliphatic carbocycles. The van der Waals surface area contributed by atoms with E-state index < -0.39 is 0 Å². The van der Waals surface area contributed by atoms with Gasteiger partial charge in [-0.2, -0.15) is 0 Å². The van der Waals surface area contributed by atoms with E-state index in [1.54, 1.807) is 13.0 Å². The minimum absolute atomic E-state index is 0. The molecule has 2 rings (SSSR count). The van der Waals surface area contributed by atoms with E-state index in [9.17, 15) is 4.79 Å².